The monoisotopic (exact) mass is 555 g/mol. The van der Waals surface area contributed by atoms with E-state index in [1.165, 1.54) is 16.8 Å². The predicted molar refractivity (Wildman–Crippen MR) is 140 cm³/mol. The van der Waals surface area contributed by atoms with E-state index in [9.17, 15) is 18.0 Å². The maximum absolute atomic E-state index is 14.0. The first-order valence-corrected chi connectivity index (χ1v) is 14.2. The molecular weight excluding hydrogens is 530 g/mol. The van der Waals surface area contributed by atoms with Crippen molar-refractivity contribution in [3.8, 4) is 5.88 Å². The van der Waals surface area contributed by atoms with Gasteiger partial charge in [0.1, 0.15) is 5.56 Å². The predicted octanol–water partition coefficient (Wildman–Crippen LogP) is 3.70. The van der Waals surface area contributed by atoms with Gasteiger partial charge in [0, 0.05) is 56.0 Å². The zero-order valence-corrected chi connectivity index (χ0v) is 22.9. The molecule has 0 bridgehead atoms. The number of sulfone groups is 1. The van der Waals surface area contributed by atoms with E-state index in [4.69, 9.17) is 16.3 Å². The van der Waals surface area contributed by atoms with Crippen LogP contribution in [0.5, 0.6) is 5.88 Å². The van der Waals surface area contributed by atoms with Crippen LogP contribution < -0.4 is 4.74 Å². The van der Waals surface area contributed by atoms with E-state index < -0.39 is 21.6 Å². The number of carbonyl (C=O) groups excluding carboxylic acids is 2. The Morgan fingerprint density at radius 2 is 1.89 bits per heavy atom. The molecule has 0 unspecified atom stereocenters. The molecule has 0 aliphatic heterocycles. The summed E-state index contributed by atoms with van der Waals surface area (Å²) < 4.78 is 35.5. The van der Waals surface area contributed by atoms with E-state index in [0.29, 0.717) is 11.3 Å². The quantitative estimate of drug-likeness (QED) is 0.240. The fraction of sp³-hybridized carbons (Fsp3) is 0.308. The molecule has 0 spiro atoms. The second-order valence-corrected chi connectivity index (χ2v) is 12.0. The van der Waals surface area contributed by atoms with Gasteiger partial charge in [-0.3, -0.25) is 9.48 Å². The van der Waals surface area contributed by atoms with Crippen molar-refractivity contribution in [3.05, 3.63) is 81.5 Å². The number of nitrogens with zero attached hydrogens (tertiary/aromatic N) is 5. The number of aromatic nitrogens is 5. The van der Waals surface area contributed by atoms with Crippen LogP contribution in [0.1, 0.15) is 61.9 Å². The van der Waals surface area contributed by atoms with Crippen molar-refractivity contribution >= 4 is 33.2 Å². The van der Waals surface area contributed by atoms with Gasteiger partial charge in [0.15, 0.2) is 9.84 Å². The Morgan fingerprint density at radius 1 is 1.16 bits per heavy atom. The molecule has 10 nitrogen and oxygen atoms in total. The molecular formula is C26H26ClN5O5S. The van der Waals surface area contributed by atoms with Crippen molar-refractivity contribution in [2.75, 3.05) is 6.26 Å². The van der Waals surface area contributed by atoms with Crippen LogP contribution in [0, 0.1) is 6.92 Å². The Labute approximate surface area is 224 Å². The fourth-order valence-electron chi connectivity index (χ4n) is 4.40. The van der Waals surface area contributed by atoms with Gasteiger partial charge in [0.2, 0.25) is 11.7 Å². The summed E-state index contributed by atoms with van der Waals surface area (Å²) in [4.78, 5) is 26.9. The highest BCUT2D eigenvalue weighted by Gasteiger charge is 2.37. The summed E-state index contributed by atoms with van der Waals surface area (Å²) >= 11 is 6.77. The largest absolute Gasteiger partial charge is 0.403 e. The molecule has 0 N–H and O–H groups in total. The topological polar surface area (TPSA) is 118 Å². The number of ketones is 1. The average molecular weight is 556 g/mol. The van der Waals surface area contributed by atoms with Crippen LogP contribution in [0.15, 0.2) is 47.9 Å². The standard InChI is InChI=1S/C26H26ClN5O5S/c1-15-11-28-32(12-15)14-19-20(38(4,35)36)8-7-18(22(19)27)24(33)21-23(16-5-6-16)29-31(3)25(21)37-26(34)17-9-10-30(2)13-17/h7-13,16H,5-6,14H2,1-4H3. The van der Waals surface area contributed by atoms with Crippen LogP contribution in [-0.4, -0.2) is 50.6 Å². The minimum atomic E-state index is -3.66. The molecule has 0 saturated heterocycles. The van der Waals surface area contributed by atoms with Gasteiger partial charge in [-0.25, -0.2) is 17.9 Å². The minimum absolute atomic E-state index is 0.00276. The molecule has 0 radical (unpaired) electrons. The number of hydrogen-bond acceptors (Lipinski definition) is 7. The molecule has 1 saturated carbocycles. The highest BCUT2D eigenvalue weighted by Crippen LogP contribution is 2.44. The smallest absolute Gasteiger partial charge is 0.346 e. The summed E-state index contributed by atoms with van der Waals surface area (Å²) in [5, 5.41) is 8.75. The molecule has 1 aliphatic carbocycles. The molecule has 12 heteroatoms. The third-order valence-electron chi connectivity index (χ3n) is 6.40. The lowest BCUT2D eigenvalue weighted by Crippen LogP contribution is -2.15. The van der Waals surface area contributed by atoms with Crippen LogP contribution in [-0.2, 0) is 30.5 Å². The maximum atomic E-state index is 14.0. The number of ether oxygens (including phenoxy) is 1. The van der Waals surface area contributed by atoms with Gasteiger partial charge in [-0.2, -0.15) is 10.2 Å². The van der Waals surface area contributed by atoms with Gasteiger partial charge in [0.05, 0.1) is 33.9 Å². The molecule has 0 amide bonds. The molecule has 1 fully saturated rings. The molecule has 0 atom stereocenters. The van der Waals surface area contributed by atoms with Crippen molar-refractivity contribution in [3.63, 3.8) is 0 Å². The molecule has 1 aliphatic rings. The Kier molecular flexibility index (Phi) is 6.52. The summed E-state index contributed by atoms with van der Waals surface area (Å²) in [5.74, 6) is -1.06. The second kappa shape index (κ2) is 9.55. The maximum Gasteiger partial charge on any atom is 0.346 e. The first-order valence-electron chi connectivity index (χ1n) is 11.9. The van der Waals surface area contributed by atoms with E-state index in [1.807, 2.05) is 6.92 Å². The van der Waals surface area contributed by atoms with Crippen molar-refractivity contribution < 1.29 is 22.7 Å². The molecule has 198 valence electrons. The van der Waals surface area contributed by atoms with Gasteiger partial charge in [-0.05, 0) is 43.5 Å². The molecule has 38 heavy (non-hydrogen) atoms. The SMILES string of the molecule is Cc1cnn(Cc2c(S(C)(=O)=O)ccc(C(=O)c3c(C4CC4)nn(C)c3OC(=O)c3ccn(C)c3)c2Cl)c1. The van der Waals surface area contributed by atoms with Crippen LogP contribution in [0.25, 0.3) is 0 Å². The fourth-order valence-corrected chi connectivity index (χ4v) is 5.69. The Balaban J connectivity index is 1.61. The first kappa shape index (κ1) is 25.9. The highest BCUT2D eigenvalue weighted by molar-refractivity contribution is 7.90. The van der Waals surface area contributed by atoms with Gasteiger partial charge in [-0.15, -0.1) is 0 Å². The molecule has 3 heterocycles. The Bertz CT molecular complexity index is 1690. The van der Waals surface area contributed by atoms with E-state index in [0.717, 1.165) is 24.7 Å². The highest BCUT2D eigenvalue weighted by atomic mass is 35.5. The van der Waals surface area contributed by atoms with Gasteiger partial charge in [0.25, 0.3) is 0 Å². The summed E-state index contributed by atoms with van der Waals surface area (Å²) in [7, 11) is -0.271. The zero-order valence-electron chi connectivity index (χ0n) is 21.3. The van der Waals surface area contributed by atoms with Crippen molar-refractivity contribution in [2.45, 2.75) is 37.1 Å². The van der Waals surface area contributed by atoms with E-state index in [2.05, 4.69) is 10.2 Å². The number of benzene rings is 1. The lowest BCUT2D eigenvalue weighted by molar-refractivity contribution is 0.0718. The third kappa shape index (κ3) is 4.91. The van der Waals surface area contributed by atoms with E-state index >= 15 is 0 Å². The zero-order chi connectivity index (χ0) is 27.4. The molecule has 3 aromatic heterocycles. The first-order chi connectivity index (χ1) is 17.9. The summed E-state index contributed by atoms with van der Waals surface area (Å²) in [5.41, 5.74) is 2.23. The Hall–Kier alpha value is -3.70. The van der Waals surface area contributed by atoms with Gasteiger partial charge < -0.3 is 9.30 Å². The van der Waals surface area contributed by atoms with Crippen LogP contribution >= 0.6 is 11.6 Å². The van der Waals surface area contributed by atoms with Crippen LogP contribution in [0.3, 0.4) is 0 Å². The summed E-state index contributed by atoms with van der Waals surface area (Å²) in [6.07, 6.45) is 9.53. The number of halogens is 1. The normalized spacial score (nSPS) is 13.6. The van der Waals surface area contributed by atoms with Crippen molar-refractivity contribution in [2.24, 2.45) is 14.1 Å². The van der Waals surface area contributed by atoms with Crippen molar-refractivity contribution in [1.82, 2.24) is 24.1 Å². The van der Waals surface area contributed by atoms with E-state index in [1.54, 1.807) is 54.2 Å². The molecule has 1 aromatic carbocycles. The van der Waals surface area contributed by atoms with Crippen molar-refractivity contribution in [1.29, 1.82) is 0 Å². The number of carbonyl (C=O) groups is 2. The van der Waals surface area contributed by atoms with Crippen LogP contribution in [0.4, 0.5) is 0 Å². The lowest BCUT2D eigenvalue weighted by Gasteiger charge is -2.14. The number of aryl methyl sites for hydroxylation is 3. The lowest BCUT2D eigenvalue weighted by atomic mass is 9.99. The van der Waals surface area contributed by atoms with Crippen LogP contribution in [0.2, 0.25) is 5.02 Å². The number of hydrogen-bond donors (Lipinski definition) is 0. The summed E-state index contributed by atoms with van der Waals surface area (Å²) in [6.45, 7) is 1.91. The average Bonchev–Trinajstić information content (AvgIpc) is 3.33. The molecule has 5 rings (SSSR count). The third-order valence-corrected chi connectivity index (χ3v) is 8.01. The number of esters is 1. The van der Waals surface area contributed by atoms with E-state index in [-0.39, 0.29) is 45.0 Å². The Morgan fingerprint density at radius 3 is 2.47 bits per heavy atom. The molecule has 4 aromatic rings. The minimum Gasteiger partial charge on any atom is -0.403 e. The second-order valence-electron chi connectivity index (χ2n) is 9.64. The number of rotatable bonds is 8. The van der Waals surface area contributed by atoms with Gasteiger partial charge in [-0.1, -0.05) is 11.6 Å². The van der Waals surface area contributed by atoms with Gasteiger partial charge >= 0.3 is 5.97 Å². The summed E-state index contributed by atoms with van der Waals surface area (Å²) in [6, 6.07) is 4.39.